The van der Waals surface area contributed by atoms with E-state index < -0.39 is 11.1 Å². The number of hydrogen-bond donors (Lipinski definition) is 1. The van der Waals surface area contributed by atoms with Crippen LogP contribution < -0.4 is 4.74 Å². The van der Waals surface area contributed by atoms with Crippen LogP contribution in [-0.4, -0.2) is 15.9 Å². The number of hydrogen-bond acceptors (Lipinski definition) is 2. The van der Waals surface area contributed by atoms with Gasteiger partial charge in [-0.3, -0.25) is 0 Å². The van der Waals surface area contributed by atoms with E-state index in [-0.39, 0.29) is 0 Å². The predicted octanol–water partition coefficient (Wildman–Crippen LogP) is 2.15. The Morgan fingerprint density at radius 2 is 2.14 bits per heavy atom. The average molecular weight is 214 g/mol. The maximum atomic E-state index is 11.0. The second kappa shape index (κ2) is 4.57. The fraction of sp³-hybridized carbons (Fsp3) is 0.400. The first-order chi connectivity index (χ1) is 6.60. The molecule has 1 atom stereocenters. The molecule has 1 aromatic rings. The minimum absolute atomic E-state index is 0.461. The molecule has 0 aliphatic heterocycles. The first kappa shape index (κ1) is 11.2. The minimum Gasteiger partial charge on any atom is -0.496 e. The molecular formula is C10H14O3S. The second-order valence-corrected chi connectivity index (χ2v) is 3.97. The zero-order valence-corrected chi connectivity index (χ0v) is 9.35. The highest BCUT2D eigenvalue weighted by Crippen LogP contribution is 2.25. The van der Waals surface area contributed by atoms with Gasteiger partial charge in [0.05, 0.1) is 12.0 Å². The summed E-state index contributed by atoms with van der Waals surface area (Å²) in [7, 11) is 1.60. The van der Waals surface area contributed by atoms with Crippen molar-refractivity contribution in [1.29, 1.82) is 0 Å². The van der Waals surface area contributed by atoms with Gasteiger partial charge in [-0.05, 0) is 36.6 Å². The highest BCUT2D eigenvalue weighted by Gasteiger charge is 2.10. The van der Waals surface area contributed by atoms with Crippen molar-refractivity contribution in [2.45, 2.75) is 25.2 Å². The molecule has 0 aliphatic rings. The lowest BCUT2D eigenvalue weighted by Crippen LogP contribution is -1.98. The summed E-state index contributed by atoms with van der Waals surface area (Å²) in [5.41, 5.74) is 1.73. The van der Waals surface area contributed by atoms with E-state index in [9.17, 15) is 4.21 Å². The van der Waals surface area contributed by atoms with E-state index in [1.165, 1.54) is 0 Å². The highest BCUT2D eigenvalue weighted by molar-refractivity contribution is 7.79. The van der Waals surface area contributed by atoms with Crippen LogP contribution in [0.15, 0.2) is 17.0 Å². The van der Waals surface area contributed by atoms with Gasteiger partial charge in [-0.2, -0.15) is 0 Å². The average Bonchev–Trinajstić information content (AvgIpc) is 2.16. The van der Waals surface area contributed by atoms with Gasteiger partial charge in [-0.15, -0.1) is 0 Å². The van der Waals surface area contributed by atoms with Gasteiger partial charge in [0.2, 0.25) is 0 Å². The van der Waals surface area contributed by atoms with Crippen LogP contribution in [-0.2, 0) is 17.5 Å². The standard InChI is InChI=1S/C10H14O3S/c1-4-8-6-10(14(11)12)7(2)5-9(8)13-3/h5-6H,4H2,1-3H3,(H,11,12). The van der Waals surface area contributed by atoms with Crippen molar-refractivity contribution in [1.82, 2.24) is 0 Å². The highest BCUT2D eigenvalue weighted by atomic mass is 32.2. The van der Waals surface area contributed by atoms with Gasteiger partial charge in [0, 0.05) is 0 Å². The molecule has 1 rings (SSSR count). The van der Waals surface area contributed by atoms with Crippen molar-refractivity contribution in [2.24, 2.45) is 0 Å². The molecule has 0 heterocycles. The van der Waals surface area contributed by atoms with Gasteiger partial charge in [0.25, 0.3) is 0 Å². The van der Waals surface area contributed by atoms with Crippen LogP contribution in [0.5, 0.6) is 5.75 Å². The molecule has 1 aromatic carbocycles. The molecule has 0 fully saturated rings. The molecule has 1 unspecified atom stereocenters. The quantitative estimate of drug-likeness (QED) is 0.784. The van der Waals surface area contributed by atoms with Gasteiger partial charge in [0.15, 0.2) is 11.1 Å². The van der Waals surface area contributed by atoms with Gasteiger partial charge in [-0.25, -0.2) is 4.21 Å². The maximum Gasteiger partial charge on any atom is 0.186 e. The van der Waals surface area contributed by atoms with E-state index in [4.69, 9.17) is 9.29 Å². The Morgan fingerprint density at radius 3 is 2.57 bits per heavy atom. The largest absolute Gasteiger partial charge is 0.496 e. The Hall–Kier alpha value is -0.870. The fourth-order valence-electron chi connectivity index (χ4n) is 1.36. The summed E-state index contributed by atoms with van der Waals surface area (Å²) in [6.45, 7) is 3.78. The predicted molar refractivity (Wildman–Crippen MR) is 56.1 cm³/mol. The zero-order valence-electron chi connectivity index (χ0n) is 8.53. The van der Waals surface area contributed by atoms with Crippen molar-refractivity contribution in [3.63, 3.8) is 0 Å². The minimum atomic E-state index is -1.92. The topological polar surface area (TPSA) is 46.5 Å². The number of rotatable bonds is 3. The van der Waals surface area contributed by atoms with E-state index in [0.29, 0.717) is 4.90 Å². The molecule has 0 radical (unpaired) electrons. The van der Waals surface area contributed by atoms with E-state index in [1.54, 1.807) is 26.2 Å². The third kappa shape index (κ3) is 2.13. The van der Waals surface area contributed by atoms with Crippen LogP contribution in [0.2, 0.25) is 0 Å². The van der Waals surface area contributed by atoms with Crippen LogP contribution in [0.25, 0.3) is 0 Å². The molecule has 0 saturated heterocycles. The Kier molecular flexibility index (Phi) is 3.66. The number of ether oxygens (including phenoxy) is 1. The molecule has 14 heavy (non-hydrogen) atoms. The van der Waals surface area contributed by atoms with Crippen molar-refractivity contribution in [3.05, 3.63) is 23.3 Å². The Labute approximate surface area is 86.4 Å². The van der Waals surface area contributed by atoms with Gasteiger partial charge in [-0.1, -0.05) is 6.92 Å². The molecule has 0 aromatic heterocycles. The Bertz CT molecular complexity index is 361. The zero-order chi connectivity index (χ0) is 10.7. The molecule has 78 valence electrons. The maximum absolute atomic E-state index is 11.0. The lowest BCUT2D eigenvalue weighted by atomic mass is 10.1. The summed E-state index contributed by atoms with van der Waals surface area (Å²) in [6.07, 6.45) is 0.785. The summed E-state index contributed by atoms with van der Waals surface area (Å²) in [6, 6.07) is 3.52. The van der Waals surface area contributed by atoms with Crippen LogP contribution in [0, 0.1) is 6.92 Å². The molecule has 0 saturated carbocycles. The van der Waals surface area contributed by atoms with Crippen molar-refractivity contribution in [3.8, 4) is 5.75 Å². The molecule has 0 bridgehead atoms. The van der Waals surface area contributed by atoms with Gasteiger partial charge in [0.1, 0.15) is 5.75 Å². The normalized spacial score (nSPS) is 12.6. The lowest BCUT2D eigenvalue weighted by Gasteiger charge is -2.10. The third-order valence-corrected chi connectivity index (χ3v) is 2.96. The summed E-state index contributed by atoms with van der Waals surface area (Å²) < 4.78 is 25.2. The number of benzene rings is 1. The SMILES string of the molecule is CCc1cc(S(=O)O)c(C)cc1OC. The second-order valence-electron chi connectivity index (χ2n) is 3.03. The van der Waals surface area contributed by atoms with Crippen LogP contribution in [0.1, 0.15) is 18.1 Å². The van der Waals surface area contributed by atoms with Gasteiger partial charge < -0.3 is 9.29 Å². The van der Waals surface area contributed by atoms with Crippen molar-refractivity contribution >= 4 is 11.1 Å². The number of methoxy groups -OCH3 is 1. The molecule has 0 spiro atoms. The molecule has 1 N–H and O–H groups in total. The van der Waals surface area contributed by atoms with Crippen molar-refractivity contribution in [2.75, 3.05) is 7.11 Å². The first-order valence-corrected chi connectivity index (χ1v) is 5.49. The number of aryl methyl sites for hydroxylation is 2. The Balaban J connectivity index is 3.30. The molecular weight excluding hydrogens is 200 g/mol. The molecule has 0 amide bonds. The van der Waals surface area contributed by atoms with E-state index in [1.807, 2.05) is 6.92 Å². The monoisotopic (exact) mass is 214 g/mol. The fourth-order valence-corrected chi connectivity index (χ4v) is 1.94. The van der Waals surface area contributed by atoms with Crippen molar-refractivity contribution < 1.29 is 13.5 Å². The van der Waals surface area contributed by atoms with Crippen LogP contribution in [0.4, 0.5) is 0 Å². The lowest BCUT2D eigenvalue weighted by molar-refractivity contribution is 0.409. The van der Waals surface area contributed by atoms with E-state index in [0.717, 1.165) is 23.3 Å². The molecule has 4 heteroatoms. The summed E-state index contributed by atoms with van der Waals surface area (Å²) >= 11 is -1.92. The van der Waals surface area contributed by atoms with Crippen LogP contribution >= 0.6 is 0 Å². The van der Waals surface area contributed by atoms with Crippen LogP contribution in [0.3, 0.4) is 0 Å². The third-order valence-electron chi connectivity index (χ3n) is 2.15. The van der Waals surface area contributed by atoms with Gasteiger partial charge >= 0.3 is 0 Å². The Morgan fingerprint density at radius 1 is 1.50 bits per heavy atom. The molecule has 3 nitrogen and oxygen atoms in total. The van der Waals surface area contributed by atoms with E-state index >= 15 is 0 Å². The first-order valence-electron chi connectivity index (χ1n) is 4.38. The van der Waals surface area contributed by atoms with E-state index in [2.05, 4.69) is 0 Å². The summed E-state index contributed by atoms with van der Waals surface area (Å²) in [4.78, 5) is 0.461. The smallest absolute Gasteiger partial charge is 0.186 e. The summed E-state index contributed by atoms with van der Waals surface area (Å²) in [5, 5.41) is 0. The molecule has 0 aliphatic carbocycles. The summed E-state index contributed by atoms with van der Waals surface area (Å²) in [5.74, 6) is 0.777.